The van der Waals surface area contributed by atoms with Gasteiger partial charge >= 0.3 is 5.97 Å². The molecule has 0 atom stereocenters. The number of hydrogen-bond acceptors (Lipinski definition) is 4. The number of benzene rings is 1. The molecular weight excluding hydrogens is 256 g/mol. The molecule has 3 rings (SSSR count). The van der Waals surface area contributed by atoms with E-state index in [1.807, 2.05) is 12.1 Å². The molecule has 102 valence electrons. The zero-order valence-corrected chi connectivity index (χ0v) is 10.9. The number of carbonyl (C=O) groups is 1. The molecular formula is C15H14N2O3. The van der Waals surface area contributed by atoms with Crippen LogP contribution in [0, 0.1) is 0 Å². The first-order valence-corrected chi connectivity index (χ1v) is 6.52. The summed E-state index contributed by atoms with van der Waals surface area (Å²) in [7, 11) is 0. The summed E-state index contributed by atoms with van der Waals surface area (Å²) in [6, 6.07) is 7.73. The number of aryl methyl sites for hydroxylation is 1. The van der Waals surface area contributed by atoms with Crippen molar-refractivity contribution in [3.63, 3.8) is 0 Å². The highest BCUT2D eigenvalue weighted by atomic mass is 16.5. The molecule has 0 saturated heterocycles. The second-order valence-electron chi connectivity index (χ2n) is 4.70. The number of hydrogen-bond donors (Lipinski definition) is 1. The lowest BCUT2D eigenvalue weighted by molar-refractivity contribution is -0.136. The third-order valence-corrected chi connectivity index (χ3v) is 3.22. The third kappa shape index (κ3) is 2.61. The maximum absolute atomic E-state index is 10.7. The minimum atomic E-state index is -0.930. The minimum Gasteiger partial charge on any atom is -0.493 e. The van der Waals surface area contributed by atoms with Gasteiger partial charge in [-0.3, -0.25) is 4.79 Å². The Morgan fingerprint density at radius 3 is 3.10 bits per heavy atom. The number of aliphatic carboxylic acids is 1. The van der Waals surface area contributed by atoms with Crippen molar-refractivity contribution in [2.45, 2.75) is 19.3 Å². The number of ether oxygens (including phenoxy) is 1. The Balaban J connectivity index is 1.94. The van der Waals surface area contributed by atoms with Gasteiger partial charge in [-0.05, 0) is 42.7 Å². The van der Waals surface area contributed by atoms with Crippen LogP contribution < -0.4 is 4.74 Å². The lowest BCUT2D eigenvalue weighted by atomic mass is 10.0. The van der Waals surface area contributed by atoms with Crippen LogP contribution >= 0.6 is 0 Å². The molecule has 1 aliphatic heterocycles. The van der Waals surface area contributed by atoms with Crippen LogP contribution in [0.4, 0.5) is 0 Å². The van der Waals surface area contributed by atoms with E-state index in [1.54, 1.807) is 12.3 Å². The number of fused-ring (bicyclic) bond motifs is 1. The van der Waals surface area contributed by atoms with E-state index >= 15 is 0 Å². The maximum atomic E-state index is 10.7. The molecule has 5 heteroatoms. The van der Waals surface area contributed by atoms with Crippen LogP contribution in [-0.4, -0.2) is 27.7 Å². The Hall–Kier alpha value is -2.43. The normalized spacial score (nSPS) is 13.4. The van der Waals surface area contributed by atoms with Gasteiger partial charge in [0.1, 0.15) is 18.0 Å². The molecule has 2 aromatic rings. The fraction of sp³-hybridized carbons (Fsp3) is 0.267. The van der Waals surface area contributed by atoms with Gasteiger partial charge in [-0.2, -0.15) is 0 Å². The Bertz CT molecular complexity index is 655. The van der Waals surface area contributed by atoms with Crippen molar-refractivity contribution in [1.29, 1.82) is 0 Å². The number of nitrogens with zero attached hydrogens (tertiary/aromatic N) is 2. The van der Waals surface area contributed by atoms with Gasteiger partial charge in [0.2, 0.25) is 0 Å². The average Bonchev–Trinajstić information content (AvgIpc) is 2.46. The lowest BCUT2D eigenvalue weighted by Gasteiger charge is -2.17. The molecule has 0 saturated carbocycles. The van der Waals surface area contributed by atoms with Crippen molar-refractivity contribution in [2.24, 2.45) is 0 Å². The van der Waals surface area contributed by atoms with Gasteiger partial charge in [0, 0.05) is 11.8 Å². The van der Waals surface area contributed by atoms with Crippen LogP contribution in [0.2, 0.25) is 0 Å². The number of aromatic nitrogens is 2. The first-order valence-electron chi connectivity index (χ1n) is 6.52. The predicted molar refractivity (Wildman–Crippen MR) is 72.6 cm³/mol. The van der Waals surface area contributed by atoms with E-state index in [0.29, 0.717) is 5.82 Å². The van der Waals surface area contributed by atoms with Crippen molar-refractivity contribution in [2.75, 3.05) is 6.61 Å². The monoisotopic (exact) mass is 270 g/mol. The molecule has 0 unspecified atom stereocenters. The van der Waals surface area contributed by atoms with Crippen molar-refractivity contribution in [3.8, 4) is 17.0 Å². The number of rotatable bonds is 3. The molecule has 0 bridgehead atoms. The summed E-state index contributed by atoms with van der Waals surface area (Å²) in [6.07, 6.45) is 3.44. The van der Waals surface area contributed by atoms with E-state index in [-0.39, 0.29) is 6.42 Å². The van der Waals surface area contributed by atoms with Gasteiger partial charge in [0.25, 0.3) is 0 Å². The van der Waals surface area contributed by atoms with E-state index in [1.165, 1.54) is 5.56 Å². The van der Waals surface area contributed by atoms with Crippen LogP contribution in [0.15, 0.2) is 30.5 Å². The van der Waals surface area contributed by atoms with Gasteiger partial charge in [0.05, 0.1) is 12.3 Å². The van der Waals surface area contributed by atoms with Crippen LogP contribution in [0.25, 0.3) is 11.3 Å². The zero-order chi connectivity index (χ0) is 13.9. The molecule has 20 heavy (non-hydrogen) atoms. The minimum absolute atomic E-state index is 0.165. The van der Waals surface area contributed by atoms with Gasteiger partial charge in [0.15, 0.2) is 0 Å². The molecule has 1 aromatic heterocycles. The predicted octanol–water partition coefficient (Wildman–Crippen LogP) is 2.10. The molecule has 0 amide bonds. The standard InChI is InChI=1S/C15H14N2O3/c18-15(19)9-14-16-6-5-12(17-14)10-3-4-13-11(8-10)2-1-7-20-13/h3-6,8H,1-2,7,9H2,(H,18,19). The largest absolute Gasteiger partial charge is 0.493 e. The van der Waals surface area contributed by atoms with Crippen LogP contribution in [0.1, 0.15) is 17.8 Å². The average molecular weight is 270 g/mol. The van der Waals surface area contributed by atoms with E-state index in [9.17, 15) is 4.79 Å². The third-order valence-electron chi connectivity index (χ3n) is 3.22. The molecule has 0 radical (unpaired) electrons. The van der Waals surface area contributed by atoms with Crippen molar-refractivity contribution < 1.29 is 14.6 Å². The summed E-state index contributed by atoms with van der Waals surface area (Å²) in [5.74, 6) is 0.324. The van der Waals surface area contributed by atoms with E-state index in [0.717, 1.165) is 36.5 Å². The summed E-state index contributed by atoms with van der Waals surface area (Å²) >= 11 is 0. The van der Waals surface area contributed by atoms with E-state index < -0.39 is 5.97 Å². The van der Waals surface area contributed by atoms with Gasteiger partial charge in [-0.25, -0.2) is 9.97 Å². The molecule has 1 aliphatic rings. The quantitative estimate of drug-likeness (QED) is 0.924. The second-order valence-corrected chi connectivity index (χ2v) is 4.70. The molecule has 0 fully saturated rings. The highest BCUT2D eigenvalue weighted by Crippen LogP contribution is 2.29. The maximum Gasteiger partial charge on any atom is 0.311 e. The van der Waals surface area contributed by atoms with Crippen molar-refractivity contribution in [1.82, 2.24) is 9.97 Å². The summed E-state index contributed by atoms with van der Waals surface area (Å²) in [5, 5.41) is 8.79. The summed E-state index contributed by atoms with van der Waals surface area (Å²) < 4.78 is 5.58. The van der Waals surface area contributed by atoms with Crippen molar-refractivity contribution >= 4 is 5.97 Å². The van der Waals surface area contributed by atoms with Gasteiger partial charge < -0.3 is 9.84 Å². The summed E-state index contributed by atoms with van der Waals surface area (Å²) in [5.41, 5.74) is 2.88. The number of carboxylic acid groups (broad SMARTS) is 1. The topological polar surface area (TPSA) is 72.3 Å². The van der Waals surface area contributed by atoms with Crippen LogP contribution in [0.5, 0.6) is 5.75 Å². The molecule has 0 aliphatic carbocycles. The Morgan fingerprint density at radius 2 is 2.25 bits per heavy atom. The Morgan fingerprint density at radius 1 is 1.35 bits per heavy atom. The SMILES string of the molecule is O=C(O)Cc1nccc(-c2ccc3c(c2)CCCO3)n1. The van der Waals surface area contributed by atoms with Gasteiger partial charge in [-0.1, -0.05) is 0 Å². The first kappa shape index (κ1) is 12.6. The zero-order valence-electron chi connectivity index (χ0n) is 10.9. The van der Waals surface area contributed by atoms with Gasteiger partial charge in [-0.15, -0.1) is 0 Å². The molecule has 2 heterocycles. The van der Waals surface area contributed by atoms with Crippen molar-refractivity contribution in [3.05, 3.63) is 41.9 Å². The smallest absolute Gasteiger partial charge is 0.311 e. The Labute approximate surface area is 116 Å². The Kier molecular flexibility index (Phi) is 3.33. The molecule has 0 spiro atoms. The molecule has 1 N–H and O–H groups in total. The highest BCUT2D eigenvalue weighted by Gasteiger charge is 2.12. The van der Waals surface area contributed by atoms with E-state index in [2.05, 4.69) is 16.0 Å². The van der Waals surface area contributed by atoms with E-state index in [4.69, 9.17) is 9.84 Å². The fourth-order valence-corrected chi connectivity index (χ4v) is 2.30. The van der Waals surface area contributed by atoms with Crippen LogP contribution in [0.3, 0.4) is 0 Å². The van der Waals surface area contributed by atoms with Crippen LogP contribution in [-0.2, 0) is 17.6 Å². The molecule has 5 nitrogen and oxygen atoms in total. The molecule has 1 aromatic carbocycles. The second kappa shape index (κ2) is 5.28. The fourth-order valence-electron chi connectivity index (χ4n) is 2.30. The lowest BCUT2D eigenvalue weighted by Crippen LogP contribution is -2.08. The summed E-state index contributed by atoms with van der Waals surface area (Å²) in [4.78, 5) is 19.0. The highest BCUT2D eigenvalue weighted by molar-refractivity contribution is 5.69. The number of carboxylic acids is 1. The summed E-state index contributed by atoms with van der Waals surface area (Å²) in [6.45, 7) is 0.766. The first-order chi connectivity index (χ1) is 9.72.